The van der Waals surface area contributed by atoms with Crippen LogP contribution in [0.4, 0.5) is 0 Å². The molecule has 0 amide bonds. The fraction of sp³-hybridized carbons (Fsp3) is 0.289. The third-order valence-corrected chi connectivity index (χ3v) is 8.68. The summed E-state index contributed by atoms with van der Waals surface area (Å²) in [6, 6.07) is 36.3. The molecule has 0 atom stereocenters. The number of ketones is 1. The Kier molecular flexibility index (Phi) is 16.2. The van der Waals surface area contributed by atoms with Crippen molar-refractivity contribution in [3.8, 4) is 56.7 Å². The van der Waals surface area contributed by atoms with E-state index in [2.05, 4.69) is 6.07 Å². The average molecular weight is 746 g/mol. The molecule has 286 valence electrons. The molecular formula is C45H47NO9. The van der Waals surface area contributed by atoms with Gasteiger partial charge in [0.1, 0.15) is 23.9 Å². The highest BCUT2D eigenvalue weighted by molar-refractivity contribution is 6.09. The van der Waals surface area contributed by atoms with Gasteiger partial charge in [0.05, 0.1) is 85.3 Å². The third kappa shape index (κ3) is 12.0. The van der Waals surface area contributed by atoms with E-state index in [1.54, 1.807) is 57.7 Å². The zero-order chi connectivity index (χ0) is 38.7. The van der Waals surface area contributed by atoms with Crippen molar-refractivity contribution in [2.45, 2.75) is 0 Å². The molecule has 0 heterocycles. The number of nitrogens with zero attached hydrogens (tertiary/aromatic N) is 1. The van der Waals surface area contributed by atoms with E-state index >= 15 is 0 Å². The van der Waals surface area contributed by atoms with Crippen LogP contribution in [0.25, 0.3) is 33.4 Å². The second-order valence-corrected chi connectivity index (χ2v) is 12.2. The zero-order valence-electron chi connectivity index (χ0n) is 31.6. The molecule has 10 nitrogen and oxygen atoms in total. The molecule has 0 saturated carbocycles. The highest BCUT2D eigenvalue weighted by atomic mass is 16.6. The van der Waals surface area contributed by atoms with E-state index in [9.17, 15) is 4.79 Å². The lowest BCUT2D eigenvalue weighted by atomic mass is 9.95. The van der Waals surface area contributed by atoms with Crippen molar-refractivity contribution in [3.05, 3.63) is 126 Å². The molecule has 0 radical (unpaired) electrons. The van der Waals surface area contributed by atoms with Crippen molar-refractivity contribution in [3.63, 3.8) is 0 Å². The second-order valence-electron chi connectivity index (χ2n) is 12.2. The molecule has 0 aliphatic heterocycles. The van der Waals surface area contributed by atoms with Gasteiger partial charge in [-0.05, 0) is 70.8 Å². The molecule has 0 aliphatic carbocycles. The summed E-state index contributed by atoms with van der Waals surface area (Å²) < 4.78 is 44.1. The van der Waals surface area contributed by atoms with Gasteiger partial charge in [-0.25, -0.2) is 0 Å². The van der Waals surface area contributed by atoms with Gasteiger partial charge in [0.2, 0.25) is 0 Å². The predicted octanol–water partition coefficient (Wildman–Crippen LogP) is 7.90. The van der Waals surface area contributed by atoms with Gasteiger partial charge in [0, 0.05) is 29.4 Å². The van der Waals surface area contributed by atoms with Crippen LogP contribution in [0.1, 0.15) is 21.5 Å². The van der Waals surface area contributed by atoms with E-state index in [0.29, 0.717) is 94.3 Å². The lowest BCUT2D eigenvalue weighted by molar-refractivity contribution is -0.00978. The van der Waals surface area contributed by atoms with Crippen LogP contribution in [0, 0.1) is 11.3 Å². The highest BCUT2D eigenvalue weighted by Gasteiger charge is 2.14. The van der Waals surface area contributed by atoms with E-state index in [1.807, 2.05) is 72.8 Å². The predicted molar refractivity (Wildman–Crippen MR) is 211 cm³/mol. The topological polar surface area (TPSA) is 115 Å². The Labute approximate surface area is 323 Å². The van der Waals surface area contributed by atoms with Gasteiger partial charge in [0.15, 0.2) is 5.78 Å². The maximum atomic E-state index is 13.3. The molecule has 0 bridgehead atoms. The molecule has 0 spiro atoms. The summed E-state index contributed by atoms with van der Waals surface area (Å²) in [6.45, 7) is 4.92. The van der Waals surface area contributed by atoms with Gasteiger partial charge in [0.25, 0.3) is 0 Å². The van der Waals surface area contributed by atoms with Crippen molar-refractivity contribution in [1.82, 2.24) is 0 Å². The van der Waals surface area contributed by atoms with E-state index in [-0.39, 0.29) is 5.78 Å². The van der Waals surface area contributed by atoms with E-state index < -0.39 is 0 Å². The maximum absolute atomic E-state index is 13.3. The van der Waals surface area contributed by atoms with Crippen LogP contribution in [-0.4, -0.2) is 93.2 Å². The standard InChI is InChI=1S/C45H47NO9/c1-48-20-21-51-22-23-52-24-25-53-26-27-54-28-29-55-40-16-12-37(13-17-40)45(47)36-10-8-35(9-11-36)42-19-15-39(31-44(42)50-3)38-14-18-41(43(30-38)49-2)34-6-4-33(32-46)5-7-34/h4-19,30-31H,20-29H2,1-3H3. The molecule has 0 fully saturated rings. The van der Waals surface area contributed by atoms with Gasteiger partial charge >= 0.3 is 0 Å². The van der Waals surface area contributed by atoms with Crippen LogP contribution in [0.15, 0.2) is 109 Å². The van der Waals surface area contributed by atoms with Crippen molar-refractivity contribution in [2.24, 2.45) is 0 Å². The van der Waals surface area contributed by atoms with Crippen LogP contribution < -0.4 is 14.2 Å². The Morgan fingerprint density at radius 1 is 0.491 bits per heavy atom. The first-order chi connectivity index (χ1) is 27.0. The van der Waals surface area contributed by atoms with Crippen LogP contribution in [0.3, 0.4) is 0 Å². The molecule has 0 unspecified atom stereocenters. The van der Waals surface area contributed by atoms with Crippen molar-refractivity contribution in [1.29, 1.82) is 5.26 Å². The van der Waals surface area contributed by atoms with Crippen molar-refractivity contribution in [2.75, 3.05) is 87.4 Å². The number of benzene rings is 5. The van der Waals surface area contributed by atoms with Crippen molar-refractivity contribution < 1.29 is 42.7 Å². The number of carbonyl (C=O) groups is 1. The first-order valence-corrected chi connectivity index (χ1v) is 18.1. The number of methoxy groups -OCH3 is 3. The minimum absolute atomic E-state index is 0.0806. The minimum atomic E-state index is -0.0806. The molecule has 0 N–H and O–H groups in total. The second kappa shape index (κ2) is 22.0. The number of carbonyl (C=O) groups excluding carboxylic acids is 1. The van der Waals surface area contributed by atoms with E-state index in [0.717, 1.165) is 39.1 Å². The SMILES string of the molecule is COCCOCCOCCOCCOCCOc1ccc(C(=O)c2ccc(-c3ccc(-c4ccc(-c5ccc(C#N)cc5)c(OC)c4)cc3OC)cc2)cc1. The molecular weight excluding hydrogens is 698 g/mol. The lowest BCUT2D eigenvalue weighted by Gasteiger charge is -2.14. The van der Waals surface area contributed by atoms with E-state index in [4.69, 9.17) is 43.2 Å². The van der Waals surface area contributed by atoms with Gasteiger partial charge in [-0.3, -0.25) is 4.79 Å². The lowest BCUT2D eigenvalue weighted by Crippen LogP contribution is -2.14. The Morgan fingerprint density at radius 2 is 0.891 bits per heavy atom. The molecule has 5 aromatic rings. The van der Waals surface area contributed by atoms with E-state index in [1.165, 1.54) is 0 Å². The summed E-state index contributed by atoms with van der Waals surface area (Å²) in [4.78, 5) is 13.3. The van der Waals surface area contributed by atoms with Crippen LogP contribution in [0.2, 0.25) is 0 Å². The highest BCUT2D eigenvalue weighted by Crippen LogP contribution is 2.38. The maximum Gasteiger partial charge on any atom is 0.193 e. The largest absolute Gasteiger partial charge is 0.496 e. The fourth-order valence-electron chi connectivity index (χ4n) is 5.74. The molecule has 0 aromatic heterocycles. The quantitative estimate of drug-likeness (QED) is 0.0483. The number of rotatable bonds is 23. The molecule has 0 aliphatic rings. The third-order valence-electron chi connectivity index (χ3n) is 8.68. The number of ether oxygens (including phenoxy) is 8. The number of nitriles is 1. The Morgan fingerprint density at radius 3 is 1.33 bits per heavy atom. The van der Waals surface area contributed by atoms with Gasteiger partial charge in [-0.1, -0.05) is 60.7 Å². The average Bonchev–Trinajstić information content (AvgIpc) is 3.24. The first kappa shape index (κ1) is 40.6. The van der Waals surface area contributed by atoms with Gasteiger partial charge in [-0.15, -0.1) is 0 Å². The molecule has 5 rings (SSSR count). The fourth-order valence-corrected chi connectivity index (χ4v) is 5.74. The number of hydrogen-bond acceptors (Lipinski definition) is 10. The Hall–Kier alpha value is -5.54. The monoisotopic (exact) mass is 745 g/mol. The summed E-state index contributed by atoms with van der Waals surface area (Å²) in [5.41, 5.74) is 7.44. The smallest absolute Gasteiger partial charge is 0.193 e. The Balaban J connectivity index is 1.08. The van der Waals surface area contributed by atoms with Crippen LogP contribution in [-0.2, 0) is 23.7 Å². The molecule has 5 aromatic carbocycles. The number of hydrogen-bond donors (Lipinski definition) is 0. The molecule has 10 heteroatoms. The zero-order valence-corrected chi connectivity index (χ0v) is 31.6. The van der Waals surface area contributed by atoms with Gasteiger partial charge < -0.3 is 37.9 Å². The van der Waals surface area contributed by atoms with Gasteiger partial charge in [-0.2, -0.15) is 5.26 Å². The first-order valence-electron chi connectivity index (χ1n) is 18.1. The summed E-state index contributed by atoms with van der Waals surface area (Å²) in [6.07, 6.45) is 0. The summed E-state index contributed by atoms with van der Waals surface area (Å²) in [5.74, 6) is 2.01. The molecule has 55 heavy (non-hydrogen) atoms. The summed E-state index contributed by atoms with van der Waals surface area (Å²) >= 11 is 0. The van der Waals surface area contributed by atoms with Crippen LogP contribution >= 0.6 is 0 Å². The van der Waals surface area contributed by atoms with Crippen molar-refractivity contribution >= 4 is 5.78 Å². The summed E-state index contributed by atoms with van der Waals surface area (Å²) in [5, 5.41) is 9.14. The minimum Gasteiger partial charge on any atom is -0.496 e. The summed E-state index contributed by atoms with van der Waals surface area (Å²) in [7, 11) is 4.94. The normalized spacial score (nSPS) is 10.9. The van der Waals surface area contributed by atoms with Crippen LogP contribution in [0.5, 0.6) is 17.2 Å². The molecule has 0 saturated heterocycles. The Bertz CT molecular complexity index is 1970.